The Labute approximate surface area is 140 Å². The highest BCUT2D eigenvalue weighted by Gasteiger charge is 2.12. The van der Waals surface area contributed by atoms with Gasteiger partial charge in [0.05, 0.1) is 29.5 Å². The van der Waals surface area contributed by atoms with Crippen molar-refractivity contribution >= 4 is 22.2 Å². The number of carbonyl (C=O) groups excluding carboxylic acids is 1. The van der Waals surface area contributed by atoms with Crippen molar-refractivity contribution in [2.24, 2.45) is 5.10 Å². The summed E-state index contributed by atoms with van der Waals surface area (Å²) in [4.78, 5) is 17.8. The van der Waals surface area contributed by atoms with Gasteiger partial charge in [-0.15, -0.1) is 0 Å². The Morgan fingerprint density at radius 3 is 2.50 bits per heavy atom. The molecule has 0 radical (unpaired) electrons. The Morgan fingerprint density at radius 1 is 1.25 bits per heavy atom. The second-order valence-electron chi connectivity index (χ2n) is 5.08. The number of carbonyl (C=O) groups is 1. The first kappa shape index (κ1) is 17.6. The lowest BCUT2D eigenvalue weighted by Crippen LogP contribution is -2.18. The van der Waals surface area contributed by atoms with Crippen molar-refractivity contribution in [3.8, 4) is 0 Å². The highest BCUT2D eigenvalue weighted by atomic mass is 32.2. The van der Waals surface area contributed by atoms with Crippen LogP contribution in [-0.2, 0) is 14.8 Å². The van der Waals surface area contributed by atoms with Gasteiger partial charge in [0, 0.05) is 6.20 Å². The van der Waals surface area contributed by atoms with Crippen LogP contribution >= 0.6 is 0 Å². The summed E-state index contributed by atoms with van der Waals surface area (Å²) >= 11 is 0. The predicted octanol–water partition coefficient (Wildman–Crippen LogP) is 1.80. The number of aryl methyl sites for hydroxylation is 2. The zero-order valence-electron chi connectivity index (χ0n) is 13.5. The Hall–Kier alpha value is -2.74. The van der Waals surface area contributed by atoms with E-state index in [0.717, 1.165) is 5.56 Å². The van der Waals surface area contributed by atoms with E-state index in [0.29, 0.717) is 16.8 Å². The first-order valence-corrected chi connectivity index (χ1v) is 8.48. The van der Waals surface area contributed by atoms with Gasteiger partial charge in [-0.25, -0.2) is 9.63 Å². The molecule has 0 aliphatic heterocycles. The number of hydrazone groups is 1. The van der Waals surface area contributed by atoms with E-state index >= 15 is 0 Å². The summed E-state index contributed by atoms with van der Waals surface area (Å²) < 4.78 is 28.8. The average molecular weight is 347 g/mol. The van der Waals surface area contributed by atoms with Crippen LogP contribution in [0.3, 0.4) is 0 Å². The lowest BCUT2D eigenvalue weighted by atomic mass is 10.1. The molecule has 8 heteroatoms. The number of rotatable bonds is 5. The van der Waals surface area contributed by atoms with Gasteiger partial charge < -0.3 is 4.74 Å². The Balaban J connectivity index is 2.12. The molecule has 1 heterocycles. The monoisotopic (exact) mass is 347 g/mol. The molecule has 2 rings (SSSR count). The summed E-state index contributed by atoms with van der Waals surface area (Å²) in [5, 5.41) is 3.71. The number of esters is 1. The molecule has 0 spiro atoms. The Bertz CT molecular complexity index is 875. The largest absolute Gasteiger partial charge is 0.465 e. The fourth-order valence-corrected chi connectivity index (χ4v) is 2.70. The fraction of sp³-hybridized carbons (Fsp3) is 0.188. The van der Waals surface area contributed by atoms with E-state index in [9.17, 15) is 13.2 Å². The average Bonchev–Trinajstić information content (AvgIpc) is 2.54. The van der Waals surface area contributed by atoms with Crippen LogP contribution < -0.4 is 4.83 Å². The van der Waals surface area contributed by atoms with E-state index in [4.69, 9.17) is 0 Å². The highest BCUT2D eigenvalue weighted by Crippen LogP contribution is 2.10. The van der Waals surface area contributed by atoms with Gasteiger partial charge in [0.2, 0.25) is 0 Å². The zero-order chi connectivity index (χ0) is 17.7. The van der Waals surface area contributed by atoms with Crippen LogP contribution in [0.2, 0.25) is 0 Å². The van der Waals surface area contributed by atoms with Gasteiger partial charge in [0.15, 0.2) is 0 Å². The van der Waals surface area contributed by atoms with Crippen molar-refractivity contribution in [3.63, 3.8) is 0 Å². The Morgan fingerprint density at radius 2 is 1.92 bits per heavy atom. The molecule has 1 N–H and O–H groups in total. The maximum Gasteiger partial charge on any atom is 0.339 e. The summed E-state index contributed by atoms with van der Waals surface area (Å²) in [6, 6.07) is 8.01. The van der Waals surface area contributed by atoms with E-state index in [1.165, 1.54) is 31.7 Å². The minimum Gasteiger partial charge on any atom is -0.465 e. The van der Waals surface area contributed by atoms with Crippen LogP contribution in [-0.4, -0.2) is 32.7 Å². The lowest BCUT2D eigenvalue weighted by Gasteiger charge is -2.05. The van der Waals surface area contributed by atoms with Crippen molar-refractivity contribution in [2.75, 3.05) is 7.11 Å². The molecule has 0 saturated heterocycles. The number of hydrogen-bond donors (Lipinski definition) is 1. The molecule has 0 amide bonds. The molecule has 0 atom stereocenters. The summed E-state index contributed by atoms with van der Waals surface area (Å²) in [6.07, 6.45) is 2.62. The zero-order valence-corrected chi connectivity index (χ0v) is 14.3. The van der Waals surface area contributed by atoms with Gasteiger partial charge in [0.25, 0.3) is 10.0 Å². The number of hydrogen-bond acceptors (Lipinski definition) is 6. The van der Waals surface area contributed by atoms with Crippen molar-refractivity contribution in [3.05, 3.63) is 58.9 Å². The SMILES string of the molecule is COC(=O)c1cnc(/C=N/NS(=O)(=O)c2ccc(C)cc2)cc1C. The second kappa shape index (κ2) is 7.22. The number of nitrogens with one attached hydrogen (secondary N) is 1. The number of ether oxygens (including phenoxy) is 1. The molecule has 1 aromatic carbocycles. The van der Waals surface area contributed by atoms with E-state index in [2.05, 4.69) is 19.7 Å². The molecule has 0 fully saturated rings. The van der Waals surface area contributed by atoms with Crippen molar-refractivity contribution in [1.29, 1.82) is 0 Å². The maximum atomic E-state index is 12.1. The first-order valence-electron chi connectivity index (χ1n) is 7.00. The topological polar surface area (TPSA) is 97.7 Å². The minimum absolute atomic E-state index is 0.121. The van der Waals surface area contributed by atoms with Gasteiger partial charge in [-0.2, -0.15) is 13.5 Å². The molecule has 0 aliphatic carbocycles. The fourth-order valence-electron chi connectivity index (χ4n) is 1.90. The molecule has 0 bridgehead atoms. The van der Waals surface area contributed by atoms with E-state index in [-0.39, 0.29) is 4.90 Å². The van der Waals surface area contributed by atoms with Crippen LogP contribution in [0.1, 0.15) is 27.2 Å². The number of nitrogens with zero attached hydrogens (tertiary/aromatic N) is 2. The summed E-state index contributed by atoms with van der Waals surface area (Å²) in [5.74, 6) is -0.483. The molecule has 2 aromatic rings. The molecule has 0 unspecified atom stereocenters. The maximum absolute atomic E-state index is 12.1. The molecular weight excluding hydrogens is 330 g/mol. The number of benzene rings is 1. The van der Waals surface area contributed by atoms with E-state index < -0.39 is 16.0 Å². The third-order valence-corrected chi connectivity index (χ3v) is 4.48. The van der Waals surface area contributed by atoms with Gasteiger partial charge in [-0.1, -0.05) is 17.7 Å². The van der Waals surface area contributed by atoms with E-state index in [1.54, 1.807) is 25.1 Å². The number of pyridine rings is 1. The summed E-state index contributed by atoms with van der Waals surface area (Å²) in [7, 11) is -2.44. The van der Waals surface area contributed by atoms with Gasteiger partial charge in [-0.05, 0) is 37.6 Å². The predicted molar refractivity (Wildman–Crippen MR) is 89.4 cm³/mol. The molecule has 1 aromatic heterocycles. The van der Waals surface area contributed by atoms with E-state index in [1.807, 2.05) is 6.92 Å². The molecule has 0 aliphatic rings. The molecular formula is C16H17N3O4S. The number of methoxy groups -OCH3 is 1. The quantitative estimate of drug-likeness (QED) is 0.505. The van der Waals surface area contributed by atoms with Crippen LogP contribution in [0.15, 0.2) is 46.5 Å². The minimum atomic E-state index is -3.73. The Kier molecular flexibility index (Phi) is 5.30. The van der Waals surface area contributed by atoms with Crippen molar-refractivity contribution < 1.29 is 17.9 Å². The van der Waals surface area contributed by atoms with Crippen molar-refractivity contribution in [2.45, 2.75) is 18.7 Å². The first-order chi connectivity index (χ1) is 11.3. The van der Waals surface area contributed by atoms with Crippen LogP contribution in [0.4, 0.5) is 0 Å². The number of aromatic nitrogens is 1. The third-order valence-electron chi connectivity index (χ3n) is 3.24. The van der Waals surface area contributed by atoms with Gasteiger partial charge in [-0.3, -0.25) is 4.98 Å². The normalized spacial score (nSPS) is 11.5. The van der Waals surface area contributed by atoms with Gasteiger partial charge >= 0.3 is 5.97 Å². The second-order valence-corrected chi connectivity index (χ2v) is 6.74. The van der Waals surface area contributed by atoms with Crippen molar-refractivity contribution in [1.82, 2.24) is 9.82 Å². The molecule has 0 saturated carbocycles. The van der Waals surface area contributed by atoms with Gasteiger partial charge in [0.1, 0.15) is 0 Å². The summed E-state index contributed by atoms with van der Waals surface area (Å²) in [5.41, 5.74) is 2.36. The third kappa shape index (κ3) is 4.17. The van der Waals surface area contributed by atoms with Crippen LogP contribution in [0, 0.1) is 13.8 Å². The molecule has 24 heavy (non-hydrogen) atoms. The highest BCUT2D eigenvalue weighted by molar-refractivity contribution is 7.89. The smallest absolute Gasteiger partial charge is 0.339 e. The number of sulfonamides is 1. The standard InChI is InChI=1S/C16H17N3O4S/c1-11-4-6-14(7-5-11)24(21,22)19-18-9-13-8-12(2)15(10-17-13)16(20)23-3/h4-10,19H,1-3H3/b18-9+. The van der Waals surface area contributed by atoms with Crippen LogP contribution in [0.25, 0.3) is 0 Å². The lowest BCUT2D eigenvalue weighted by molar-refractivity contribution is 0.0599. The molecule has 7 nitrogen and oxygen atoms in total. The molecule has 126 valence electrons. The summed E-state index contributed by atoms with van der Waals surface area (Å²) in [6.45, 7) is 3.59. The van der Waals surface area contributed by atoms with Crippen LogP contribution in [0.5, 0.6) is 0 Å².